The van der Waals surface area contributed by atoms with Crippen LogP contribution in [0.2, 0.25) is 0 Å². The lowest BCUT2D eigenvalue weighted by atomic mass is 10.1. The molecule has 10 unspecified atom stereocenters. The molecule has 804 valence electrons. The molecule has 0 bridgehead atoms. The Balaban J connectivity index is -0.000000391. The van der Waals surface area contributed by atoms with Crippen molar-refractivity contribution in [3.63, 3.8) is 0 Å². The number of allylic oxidation sites excluding steroid dienone is 54. The fraction of sp³-hybridized carbons (Fsp3) is 0.552. The van der Waals surface area contributed by atoms with E-state index in [0.29, 0.717) is 11.8 Å². The summed E-state index contributed by atoms with van der Waals surface area (Å²) in [7, 11) is 9.50. The zero-order chi connectivity index (χ0) is 105. The van der Waals surface area contributed by atoms with Gasteiger partial charge in [-0.05, 0) is 230 Å². The summed E-state index contributed by atoms with van der Waals surface area (Å²) >= 11 is 0. The Hall–Kier alpha value is -6.24. The van der Waals surface area contributed by atoms with Crippen molar-refractivity contribution in [1.82, 2.24) is 0 Å². The van der Waals surface area contributed by atoms with Gasteiger partial charge in [0.1, 0.15) is 0 Å². The summed E-state index contributed by atoms with van der Waals surface area (Å²) in [6, 6.07) is 0. The third-order valence-corrected chi connectivity index (χ3v) is 23.3. The molecule has 0 saturated heterocycles. The van der Waals surface area contributed by atoms with Crippen molar-refractivity contribution in [3.8, 4) is 0 Å². The standard InChI is InChI=1S/2C23H38.4C22H37OP/c2*1-4-6-8-9-10-11-12-13-14-15-16-17-18-20-22-23(3)21-19-7-5-2;2*1-3-5-7-9-10-11-12-13-14-15-16-17-19-21-22(23-24)20-18-8-6-4-2;2*1-3-5-7-9-11-12-13-14-15-17-19-21-22(23-24)20-18-16-10-8-6-4-2/h2*7,11-12,14-15,17-20,22-23H,4-6,8-10,13,16,21H2,1-3H3;2*5,7,10-11,13-14,16-17,19,21-22H,3-4,6,8-9,12,15,18,20,24H2,1-2H3;2*6,8,12-13,15-19,21-22H,3-5,7,9-11,14,20,24H2,1-2H3/b12-11-,15-14-,18-17-,19-7-,22-20+;;7-5-,11-10-,14-13-,17-16-,21-19+;;8-6-,13-12-,17-15-,18-16-,21-19+;. The third-order valence-electron chi connectivity index (χ3n) is 21.9. The summed E-state index contributed by atoms with van der Waals surface area (Å²) in [5.74, 6) is 1.25. The molecule has 0 N–H and O–H groups in total. The lowest BCUT2D eigenvalue weighted by molar-refractivity contribution is 0.274. The van der Waals surface area contributed by atoms with Gasteiger partial charge in [-0.1, -0.05) is 590 Å². The highest BCUT2D eigenvalue weighted by molar-refractivity contribution is 7.10. The molecule has 0 aromatic rings. The molecule has 0 heterocycles. The number of rotatable bonds is 88. The van der Waals surface area contributed by atoms with E-state index in [1.54, 1.807) is 0 Å². The molecule has 0 aromatic heterocycles. The van der Waals surface area contributed by atoms with E-state index >= 15 is 0 Å². The van der Waals surface area contributed by atoms with E-state index in [1.165, 1.54) is 180 Å². The van der Waals surface area contributed by atoms with Crippen LogP contribution in [0.4, 0.5) is 0 Å². The van der Waals surface area contributed by atoms with Crippen LogP contribution in [0.15, 0.2) is 365 Å². The van der Waals surface area contributed by atoms with Gasteiger partial charge in [-0.25, -0.2) is 0 Å². The molecule has 8 heteroatoms. The number of hydrogen-bond donors (Lipinski definition) is 0. The summed E-state index contributed by atoms with van der Waals surface area (Å²) < 4.78 is 21.6. The van der Waals surface area contributed by atoms with Gasteiger partial charge in [0.15, 0.2) is 0 Å². The van der Waals surface area contributed by atoms with Gasteiger partial charge in [0.2, 0.25) is 0 Å². The van der Waals surface area contributed by atoms with Crippen LogP contribution in [0.3, 0.4) is 0 Å². The Morgan fingerprint density at radius 2 is 0.324 bits per heavy atom. The van der Waals surface area contributed by atoms with Gasteiger partial charge in [0.05, 0.1) is 24.4 Å². The monoisotopic (exact) mass is 2020 g/mol. The second kappa shape index (κ2) is 143. The highest BCUT2D eigenvalue weighted by atomic mass is 31.0. The third kappa shape index (κ3) is 144. The Kier molecular flexibility index (Phi) is 148. The summed E-state index contributed by atoms with van der Waals surface area (Å²) in [4.78, 5) is 0. The van der Waals surface area contributed by atoms with Gasteiger partial charge in [-0.15, -0.1) is 0 Å². The first kappa shape index (κ1) is 146. The number of unbranched alkanes of at least 4 members (excludes halogenated alkanes) is 22. The molecule has 0 aromatic carbocycles. The molecule has 0 radical (unpaired) electrons. The van der Waals surface area contributed by atoms with E-state index in [9.17, 15) is 0 Å². The highest BCUT2D eigenvalue weighted by Gasteiger charge is 2.04. The zero-order valence-electron chi connectivity index (χ0n) is 94.2. The van der Waals surface area contributed by atoms with Crippen LogP contribution in [0.5, 0.6) is 0 Å². The Bertz CT molecular complexity index is 3240. The predicted molar refractivity (Wildman–Crippen MR) is 668 cm³/mol. The summed E-state index contributed by atoms with van der Waals surface area (Å²) in [5.41, 5.74) is 0. The number of hydrogen-bond acceptors (Lipinski definition) is 4. The van der Waals surface area contributed by atoms with Crippen LogP contribution in [0.25, 0.3) is 0 Å². The van der Waals surface area contributed by atoms with Crippen LogP contribution < -0.4 is 0 Å². The van der Waals surface area contributed by atoms with Crippen LogP contribution >= 0.6 is 37.9 Å². The van der Waals surface area contributed by atoms with Gasteiger partial charge in [0.25, 0.3) is 0 Å². The highest BCUT2D eigenvalue weighted by Crippen LogP contribution is 2.18. The Labute approximate surface area is 894 Å². The van der Waals surface area contributed by atoms with Crippen molar-refractivity contribution >= 4 is 37.9 Å². The largest absolute Gasteiger partial charge is 0.358 e. The molecule has 0 saturated carbocycles. The first-order chi connectivity index (χ1) is 70.0. The van der Waals surface area contributed by atoms with Crippen molar-refractivity contribution in [2.24, 2.45) is 11.8 Å². The summed E-state index contributed by atoms with van der Waals surface area (Å²) in [6.45, 7) is 31.0. The van der Waals surface area contributed by atoms with Crippen LogP contribution in [-0.2, 0) is 18.1 Å². The average Bonchev–Trinajstić information content (AvgIpc) is 1.03. The maximum absolute atomic E-state index is 5.41. The maximum atomic E-state index is 5.41. The fourth-order valence-corrected chi connectivity index (χ4v) is 14.1. The minimum absolute atomic E-state index is 0.125. The van der Waals surface area contributed by atoms with Crippen LogP contribution in [-0.4, -0.2) is 24.4 Å². The SMILES string of the molecule is CC/C=C\C/C=C\C/C=C\C/C=C\C=C\C(CCCCCC)OP.CC/C=C\C/C=C\CC(/C=C/C=C\C/C=C\CCCCCC)OP.CC/C=C\CC(C)/C=C/C=C\C/C=C\C/C=C\CCCCCC.CCC=CCC(C)C=CC=CCC=CCC=CCCCCCC.CCC=CCC=CCC(C=CC=CCC=CCCCCCC)OP.CCC=CCC=CCC=CCC=CC=CC(CCCCCC)OP. The van der Waals surface area contributed by atoms with Gasteiger partial charge in [-0.3, -0.25) is 0 Å². The zero-order valence-corrected chi connectivity index (χ0v) is 98.9. The van der Waals surface area contributed by atoms with Crippen molar-refractivity contribution in [1.29, 1.82) is 0 Å². The van der Waals surface area contributed by atoms with E-state index in [2.05, 4.69) is 499 Å². The lowest BCUT2D eigenvalue weighted by Crippen LogP contribution is -2.02. The van der Waals surface area contributed by atoms with Gasteiger partial charge in [0, 0.05) is 37.9 Å². The van der Waals surface area contributed by atoms with Crippen molar-refractivity contribution in [2.75, 3.05) is 0 Å². The molecular weight excluding hydrogens is 1800 g/mol. The summed E-state index contributed by atoms with van der Waals surface area (Å²) in [6.07, 6.45) is 197. The minimum atomic E-state index is 0.125. The predicted octanol–water partition coefficient (Wildman–Crippen LogP) is 45.9. The van der Waals surface area contributed by atoms with Crippen molar-refractivity contribution in [3.05, 3.63) is 365 Å². The van der Waals surface area contributed by atoms with Crippen molar-refractivity contribution < 1.29 is 18.1 Å². The van der Waals surface area contributed by atoms with E-state index < -0.39 is 0 Å². The minimum Gasteiger partial charge on any atom is -0.358 e. The van der Waals surface area contributed by atoms with E-state index in [1.807, 2.05) is 0 Å². The molecular formula is C134H224O4P4. The summed E-state index contributed by atoms with van der Waals surface area (Å²) in [5, 5.41) is 0. The first-order valence-electron chi connectivity index (χ1n) is 57.1. The average molecular weight is 2020 g/mol. The molecule has 0 rings (SSSR count). The topological polar surface area (TPSA) is 36.9 Å². The van der Waals surface area contributed by atoms with Gasteiger partial charge < -0.3 is 18.1 Å². The molecule has 0 aliphatic heterocycles. The molecule has 0 amide bonds. The molecule has 0 fully saturated rings. The lowest BCUT2D eigenvalue weighted by Gasteiger charge is -2.09. The van der Waals surface area contributed by atoms with E-state index in [4.69, 9.17) is 18.1 Å². The van der Waals surface area contributed by atoms with Gasteiger partial charge in [-0.2, -0.15) is 0 Å². The Morgan fingerprint density at radius 3 is 0.535 bits per heavy atom. The molecule has 142 heavy (non-hydrogen) atoms. The molecule has 4 nitrogen and oxygen atoms in total. The molecule has 0 aliphatic carbocycles. The van der Waals surface area contributed by atoms with E-state index in [0.717, 1.165) is 167 Å². The van der Waals surface area contributed by atoms with Crippen LogP contribution in [0, 0.1) is 11.8 Å². The smallest absolute Gasteiger partial charge is 0.0828 e. The first-order valence-corrected chi connectivity index (χ1v) is 59.0. The maximum Gasteiger partial charge on any atom is 0.0828 e. The van der Waals surface area contributed by atoms with Crippen molar-refractivity contribution in [2.45, 2.75) is 468 Å². The van der Waals surface area contributed by atoms with Gasteiger partial charge >= 0.3 is 0 Å². The Morgan fingerprint density at radius 1 is 0.155 bits per heavy atom. The molecule has 0 aliphatic rings. The quantitative estimate of drug-likeness (QED) is 0.0263. The molecule has 0 spiro atoms. The van der Waals surface area contributed by atoms with E-state index in [-0.39, 0.29) is 24.4 Å². The fourth-order valence-electron chi connectivity index (χ4n) is 13.2. The van der Waals surface area contributed by atoms with Crippen LogP contribution in [0.1, 0.15) is 444 Å². The normalized spacial score (nSPS) is 14.3. The second-order valence-corrected chi connectivity index (χ2v) is 36.9. The second-order valence-electron chi connectivity index (χ2n) is 35.8. The molecule has 10 atom stereocenters.